The molecule has 0 aliphatic carbocycles. The molecule has 0 unspecified atom stereocenters. The monoisotopic (exact) mass is 417 g/mol. The van der Waals surface area contributed by atoms with Crippen LogP contribution in [0.5, 0.6) is 0 Å². The molecule has 6 nitrogen and oxygen atoms in total. The molecule has 0 saturated carbocycles. The Hall–Kier alpha value is -2.07. The van der Waals surface area contributed by atoms with Crippen molar-refractivity contribution in [3.05, 3.63) is 64.7 Å². The molecule has 144 valence electrons. The third kappa shape index (κ3) is 3.96. The summed E-state index contributed by atoms with van der Waals surface area (Å²) < 4.78 is 59.5. The van der Waals surface area contributed by atoms with Crippen LogP contribution < -0.4 is 0 Å². The number of aliphatic carboxylic acids is 1. The standard InChI is InChI=1S/C17H14ClF2NO5S/c18-11-1-3-14(4-2-11)27(24,25)21-15(8-26-9-16(21)17(22)23)10-5-12(19)7-13(20)6-10/h1-7,15-16H,8-9H2,(H,22,23)/t15-,16+/m0/s1. The summed E-state index contributed by atoms with van der Waals surface area (Å²) in [5, 5.41) is 9.78. The van der Waals surface area contributed by atoms with Crippen molar-refractivity contribution in [1.29, 1.82) is 0 Å². The number of hydrogen-bond donors (Lipinski definition) is 1. The minimum absolute atomic E-state index is 0.0454. The molecule has 1 aliphatic rings. The van der Waals surface area contributed by atoms with E-state index in [0.717, 1.165) is 16.4 Å². The van der Waals surface area contributed by atoms with Crippen molar-refractivity contribution in [2.45, 2.75) is 17.0 Å². The fourth-order valence-corrected chi connectivity index (χ4v) is 4.76. The van der Waals surface area contributed by atoms with Crippen molar-refractivity contribution in [3.63, 3.8) is 0 Å². The Morgan fingerprint density at radius 3 is 2.26 bits per heavy atom. The number of benzene rings is 2. The number of hydrogen-bond acceptors (Lipinski definition) is 4. The third-order valence-electron chi connectivity index (χ3n) is 4.11. The highest BCUT2D eigenvalue weighted by atomic mass is 35.5. The molecule has 10 heteroatoms. The lowest BCUT2D eigenvalue weighted by Gasteiger charge is -2.39. The Bertz CT molecular complexity index is 948. The first kappa shape index (κ1) is 19.7. The topological polar surface area (TPSA) is 83.9 Å². The summed E-state index contributed by atoms with van der Waals surface area (Å²) in [7, 11) is -4.33. The zero-order chi connectivity index (χ0) is 19.8. The van der Waals surface area contributed by atoms with Crippen molar-refractivity contribution in [1.82, 2.24) is 4.31 Å². The highest BCUT2D eigenvalue weighted by Crippen LogP contribution is 2.34. The molecule has 0 bridgehead atoms. The van der Waals surface area contributed by atoms with E-state index in [4.69, 9.17) is 16.3 Å². The molecule has 2 aromatic carbocycles. The maximum atomic E-state index is 13.6. The fraction of sp³-hybridized carbons (Fsp3) is 0.235. The number of carboxylic acid groups (broad SMARTS) is 1. The normalized spacial score (nSPS) is 21.1. The number of carbonyl (C=O) groups is 1. The number of ether oxygens (including phenoxy) is 1. The zero-order valence-corrected chi connectivity index (χ0v) is 15.3. The van der Waals surface area contributed by atoms with Gasteiger partial charge < -0.3 is 9.84 Å². The molecule has 0 radical (unpaired) electrons. The minimum Gasteiger partial charge on any atom is -0.480 e. The highest BCUT2D eigenvalue weighted by Gasteiger charge is 2.45. The SMILES string of the molecule is O=C(O)[C@H]1COC[C@@H](c2cc(F)cc(F)c2)N1S(=O)(=O)c1ccc(Cl)cc1. The van der Waals surface area contributed by atoms with Crippen LogP contribution in [-0.2, 0) is 19.6 Å². The van der Waals surface area contributed by atoms with Crippen LogP contribution in [0.3, 0.4) is 0 Å². The Kier molecular flexibility index (Phi) is 5.48. The van der Waals surface area contributed by atoms with Crippen LogP contribution >= 0.6 is 11.6 Å². The van der Waals surface area contributed by atoms with Gasteiger partial charge in [-0.2, -0.15) is 4.31 Å². The Morgan fingerprint density at radius 1 is 1.11 bits per heavy atom. The number of sulfonamides is 1. The second-order valence-electron chi connectivity index (χ2n) is 5.90. The van der Waals surface area contributed by atoms with E-state index in [-0.39, 0.29) is 17.1 Å². The lowest BCUT2D eigenvalue weighted by molar-refractivity contribution is -0.148. The van der Waals surface area contributed by atoms with E-state index >= 15 is 0 Å². The van der Waals surface area contributed by atoms with Gasteiger partial charge in [0, 0.05) is 11.1 Å². The Morgan fingerprint density at radius 2 is 1.70 bits per heavy atom. The molecular weight excluding hydrogens is 404 g/mol. The van der Waals surface area contributed by atoms with Gasteiger partial charge in [0.1, 0.15) is 17.7 Å². The van der Waals surface area contributed by atoms with Crippen molar-refractivity contribution < 1.29 is 31.8 Å². The number of rotatable bonds is 4. The van der Waals surface area contributed by atoms with Crippen molar-refractivity contribution in [3.8, 4) is 0 Å². The molecular formula is C17H14ClF2NO5S. The second kappa shape index (κ2) is 7.51. The fourth-order valence-electron chi connectivity index (χ4n) is 2.91. The van der Waals surface area contributed by atoms with Crippen molar-refractivity contribution in [2.75, 3.05) is 13.2 Å². The van der Waals surface area contributed by atoms with Gasteiger partial charge in [-0.05, 0) is 42.0 Å². The maximum Gasteiger partial charge on any atom is 0.324 e. The number of halogens is 3. The first-order chi connectivity index (χ1) is 12.7. The van der Waals surface area contributed by atoms with Gasteiger partial charge in [-0.15, -0.1) is 0 Å². The molecule has 0 aromatic heterocycles. The Balaban J connectivity index is 2.14. The van der Waals surface area contributed by atoms with E-state index in [1.165, 1.54) is 24.3 Å². The first-order valence-electron chi connectivity index (χ1n) is 7.76. The van der Waals surface area contributed by atoms with E-state index < -0.39 is 46.3 Å². The summed E-state index contributed by atoms with van der Waals surface area (Å²) >= 11 is 5.78. The van der Waals surface area contributed by atoms with Crippen LogP contribution in [0.1, 0.15) is 11.6 Å². The van der Waals surface area contributed by atoms with E-state index in [2.05, 4.69) is 0 Å². The highest BCUT2D eigenvalue weighted by molar-refractivity contribution is 7.89. The summed E-state index contributed by atoms with van der Waals surface area (Å²) in [5.74, 6) is -3.26. The van der Waals surface area contributed by atoms with Gasteiger partial charge >= 0.3 is 5.97 Å². The van der Waals surface area contributed by atoms with Gasteiger partial charge in [0.15, 0.2) is 0 Å². The predicted molar refractivity (Wildman–Crippen MR) is 91.8 cm³/mol. The largest absolute Gasteiger partial charge is 0.480 e. The molecule has 1 saturated heterocycles. The van der Waals surface area contributed by atoms with Crippen LogP contribution in [0.2, 0.25) is 5.02 Å². The van der Waals surface area contributed by atoms with Gasteiger partial charge in [0.2, 0.25) is 10.0 Å². The van der Waals surface area contributed by atoms with E-state index in [9.17, 15) is 27.1 Å². The van der Waals surface area contributed by atoms with Gasteiger partial charge in [-0.1, -0.05) is 11.6 Å². The van der Waals surface area contributed by atoms with Crippen molar-refractivity contribution >= 4 is 27.6 Å². The van der Waals surface area contributed by atoms with Gasteiger partial charge in [-0.25, -0.2) is 17.2 Å². The first-order valence-corrected chi connectivity index (χ1v) is 9.57. The molecule has 0 amide bonds. The summed E-state index contributed by atoms with van der Waals surface area (Å²) in [6.45, 7) is -0.643. The minimum atomic E-state index is -4.33. The van der Waals surface area contributed by atoms with Gasteiger partial charge in [0.05, 0.1) is 24.2 Å². The molecule has 1 N–H and O–H groups in total. The number of nitrogens with zero attached hydrogens (tertiary/aromatic N) is 1. The van der Waals surface area contributed by atoms with Crippen LogP contribution in [0.4, 0.5) is 8.78 Å². The molecule has 27 heavy (non-hydrogen) atoms. The number of morpholine rings is 1. The van der Waals surface area contributed by atoms with Crippen LogP contribution in [-0.4, -0.2) is 43.1 Å². The summed E-state index contributed by atoms with van der Waals surface area (Å²) in [6, 6.07) is 4.92. The molecule has 3 rings (SSSR count). The second-order valence-corrected chi connectivity index (χ2v) is 8.18. The summed E-state index contributed by atoms with van der Waals surface area (Å²) in [4.78, 5) is 11.5. The molecule has 1 aliphatic heterocycles. The molecule has 0 spiro atoms. The average Bonchev–Trinajstić information content (AvgIpc) is 2.60. The van der Waals surface area contributed by atoms with E-state index in [1.54, 1.807) is 0 Å². The van der Waals surface area contributed by atoms with Crippen LogP contribution in [0, 0.1) is 11.6 Å². The average molecular weight is 418 g/mol. The van der Waals surface area contributed by atoms with Crippen molar-refractivity contribution in [2.24, 2.45) is 0 Å². The molecule has 2 aromatic rings. The lowest BCUT2D eigenvalue weighted by Crippen LogP contribution is -2.54. The Labute approximate surface area is 159 Å². The summed E-state index contributed by atoms with van der Waals surface area (Å²) in [6.07, 6.45) is 0. The lowest BCUT2D eigenvalue weighted by atomic mass is 10.0. The third-order valence-corrected chi connectivity index (χ3v) is 6.29. The van der Waals surface area contributed by atoms with Crippen LogP contribution in [0.25, 0.3) is 0 Å². The molecule has 2 atom stereocenters. The molecule has 1 fully saturated rings. The predicted octanol–water partition coefficient (Wildman–Crippen LogP) is 2.83. The maximum absolute atomic E-state index is 13.6. The quantitative estimate of drug-likeness (QED) is 0.827. The summed E-state index contributed by atoms with van der Waals surface area (Å²) in [5.41, 5.74) is -0.0454. The van der Waals surface area contributed by atoms with Gasteiger partial charge in [-0.3, -0.25) is 4.79 Å². The van der Waals surface area contributed by atoms with E-state index in [1.807, 2.05) is 0 Å². The zero-order valence-electron chi connectivity index (χ0n) is 13.7. The van der Waals surface area contributed by atoms with Gasteiger partial charge in [0.25, 0.3) is 0 Å². The molecule has 1 heterocycles. The van der Waals surface area contributed by atoms with E-state index in [0.29, 0.717) is 11.1 Å². The number of carboxylic acids is 1. The van der Waals surface area contributed by atoms with Crippen LogP contribution in [0.15, 0.2) is 47.4 Å². The smallest absolute Gasteiger partial charge is 0.324 e.